The van der Waals surface area contributed by atoms with E-state index >= 15 is 0 Å². The van der Waals surface area contributed by atoms with Gasteiger partial charge in [0, 0.05) is 30.3 Å². The molecule has 0 unspecified atom stereocenters. The summed E-state index contributed by atoms with van der Waals surface area (Å²) in [6, 6.07) is 7.59. The third kappa shape index (κ3) is 3.39. The van der Waals surface area contributed by atoms with Crippen LogP contribution in [0.15, 0.2) is 24.3 Å². The number of alkyl halides is 1. The predicted octanol–water partition coefficient (Wildman–Crippen LogP) is 3.00. The van der Waals surface area contributed by atoms with Gasteiger partial charge in [0.15, 0.2) is 0 Å². The molecule has 0 N–H and O–H groups in total. The third-order valence-corrected chi connectivity index (χ3v) is 4.22. The van der Waals surface area contributed by atoms with Gasteiger partial charge in [-0.05, 0) is 29.9 Å². The first-order valence-electron chi connectivity index (χ1n) is 5.83. The first-order chi connectivity index (χ1) is 8.31. The Hall–Kier alpha value is -0.670. The summed E-state index contributed by atoms with van der Waals surface area (Å²) in [6.45, 7) is 1.74. The largest absolute Gasteiger partial charge is 0.338 e. The molecule has 0 bridgehead atoms. The molecule has 1 aliphatic rings. The number of carbonyl (C=O) groups is 1. The van der Waals surface area contributed by atoms with Crippen molar-refractivity contribution in [3.8, 4) is 0 Å². The van der Waals surface area contributed by atoms with E-state index in [9.17, 15) is 4.79 Å². The SMILES string of the molecule is O=C(c1ccc(CCl)cc1)N1CCCSCC1. The Balaban J connectivity index is 2.06. The highest BCUT2D eigenvalue weighted by molar-refractivity contribution is 7.99. The summed E-state index contributed by atoms with van der Waals surface area (Å²) in [4.78, 5) is 14.2. The molecule has 17 heavy (non-hydrogen) atoms. The molecule has 92 valence electrons. The van der Waals surface area contributed by atoms with Crippen molar-refractivity contribution in [1.82, 2.24) is 4.90 Å². The Morgan fingerprint density at radius 1 is 1.24 bits per heavy atom. The molecule has 0 radical (unpaired) electrons. The number of thioether (sulfide) groups is 1. The Morgan fingerprint density at radius 3 is 2.71 bits per heavy atom. The van der Waals surface area contributed by atoms with Crippen LogP contribution >= 0.6 is 23.4 Å². The number of rotatable bonds is 2. The Kier molecular flexibility index (Phi) is 4.75. The van der Waals surface area contributed by atoms with Gasteiger partial charge in [0.05, 0.1) is 0 Å². The number of nitrogens with zero attached hydrogens (tertiary/aromatic N) is 1. The molecule has 0 saturated carbocycles. The van der Waals surface area contributed by atoms with Crippen LogP contribution < -0.4 is 0 Å². The standard InChI is InChI=1S/C13H16ClNOS/c14-10-11-2-4-12(5-3-11)13(16)15-6-1-8-17-9-7-15/h2-5H,1,6-10H2. The number of carbonyl (C=O) groups excluding carboxylic acids is 1. The van der Waals surface area contributed by atoms with Gasteiger partial charge in [0.25, 0.3) is 5.91 Å². The summed E-state index contributed by atoms with van der Waals surface area (Å²) in [5, 5.41) is 0. The lowest BCUT2D eigenvalue weighted by molar-refractivity contribution is 0.0768. The fourth-order valence-electron chi connectivity index (χ4n) is 1.87. The minimum atomic E-state index is 0.147. The summed E-state index contributed by atoms with van der Waals surface area (Å²) >= 11 is 7.66. The molecule has 4 heteroatoms. The van der Waals surface area contributed by atoms with E-state index in [4.69, 9.17) is 11.6 Å². The van der Waals surface area contributed by atoms with Gasteiger partial charge in [0.1, 0.15) is 0 Å². The van der Waals surface area contributed by atoms with E-state index in [2.05, 4.69) is 0 Å². The molecule has 1 aliphatic heterocycles. The third-order valence-electron chi connectivity index (χ3n) is 2.86. The Bertz CT molecular complexity index is 372. The number of amides is 1. The van der Waals surface area contributed by atoms with Crippen molar-refractivity contribution >= 4 is 29.3 Å². The van der Waals surface area contributed by atoms with Crippen LogP contribution in [-0.2, 0) is 5.88 Å². The monoisotopic (exact) mass is 269 g/mol. The lowest BCUT2D eigenvalue weighted by Gasteiger charge is -2.20. The fraction of sp³-hybridized carbons (Fsp3) is 0.462. The van der Waals surface area contributed by atoms with Crippen LogP contribution in [0.25, 0.3) is 0 Å². The molecular formula is C13H16ClNOS. The summed E-state index contributed by atoms with van der Waals surface area (Å²) in [5.41, 5.74) is 1.82. The van der Waals surface area contributed by atoms with Crippen molar-refractivity contribution in [2.75, 3.05) is 24.6 Å². The van der Waals surface area contributed by atoms with Crippen molar-refractivity contribution in [3.63, 3.8) is 0 Å². The van der Waals surface area contributed by atoms with Gasteiger partial charge in [-0.1, -0.05) is 12.1 Å². The smallest absolute Gasteiger partial charge is 0.253 e. The van der Waals surface area contributed by atoms with E-state index < -0.39 is 0 Å². The van der Waals surface area contributed by atoms with E-state index in [-0.39, 0.29) is 5.91 Å². The molecule has 1 saturated heterocycles. The summed E-state index contributed by atoms with van der Waals surface area (Å²) < 4.78 is 0. The molecule has 1 amide bonds. The molecule has 0 aromatic heterocycles. The van der Waals surface area contributed by atoms with Crippen molar-refractivity contribution < 1.29 is 4.79 Å². The predicted molar refractivity (Wildman–Crippen MR) is 73.8 cm³/mol. The van der Waals surface area contributed by atoms with Crippen molar-refractivity contribution in [2.45, 2.75) is 12.3 Å². The van der Waals surface area contributed by atoms with Gasteiger partial charge in [-0.2, -0.15) is 11.8 Å². The van der Waals surface area contributed by atoms with E-state index in [0.29, 0.717) is 5.88 Å². The molecule has 0 aliphatic carbocycles. The minimum absolute atomic E-state index is 0.147. The number of benzene rings is 1. The lowest BCUT2D eigenvalue weighted by Crippen LogP contribution is -2.32. The topological polar surface area (TPSA) is 20.3 Å². The van der Waals surface area contributed by atoms with Crippen LogP contribution in [-0.4, -0.2) is 35.4 Å². The highest BCUT2D eigenvalue weighted by Gasteiger charge is 2.16. The van der Waals surface area contributed by atoms with Crippen LogP contribution in [0.1, 0.15) is 22.3 Å². The second-order valence-electron chi connectivity index (χ2n) is 4.09. The summed E-state index contributed by atoms with van der Waals surface area (Å²) in [6.07, 6.45) is 1.09. The van der Waals surface area contributed by atoms with E-state index in [0.717, 1.165) is 42.1 Å². The fourth-order valence-corrected chi connectivity index (χ4v) is 2.93. The molecule has 0 atom stereocenters. The van der Waals surface area contributed by atoms with Gasteiger partial charge in [-0.3, -0.25) is 4.79 Å². The van der Waals surface area contributed by atoms with Gasteiger partial charge in [-0.25, -0.2) is 0 Å². The average molecular weight is 270 g/mol. The number of hydrogen-bond donors (Lipinski definition) is 0. The number of hydrogen-bond acceptors (Lipinski definition) is 2. The maximum atomic E-state index is 12.2. The molecule has 0 spiro atoms. The lowest BCUT2D eigenvalue weighted by atomic mass is 10.1. The molecule has 1 heterocycles. The van der Waals surface area contributed by atoms with E-state index in [1.54, 1.807) is 0 Å². The molecule has 1 aromatic carbocycles. The second kappa shape index (κ2) is 6.31. The second-order valence-corrected chi connectivity index (χ2v) is 5.58. The summed E-state index contributed by atoms with van der Waals surface area (Å²) in [5.74, 6) is 2.85. The highest BCUT2D eigenvalue weighted by Crippen LogP contribution is 2.14. The zero-order valence-electron chi connectivity index (χ0n) is 9.69. The Labute approximate surface area is 111 Å². The van der Waals surface area contributed by atoms with Crippen molar-refractivity contribution in [2.24, 2.45) is 0 Å². The minimum Gasteiger partial charge on any atom is -0.338 e. The quantitative estimate of drug-likeness (QED) is 0.770. The van der Waals surface area contributed by atoms with E-state index in [1.807, 2.05) is 40.9 Å². The number of halogens is 1. The molecular weight excluding hydrogens is 254 g/mol. The summed E-state index contributed by atoms with van der Waals surface area (Å²) in [7, 11) is 0. The van der Waals surface area contributed by atoms with Crippen molar-refractivity contribution in [1.29, 1.82) is 0 Å². The molecule has 1 fully saturated rings. The van der Waals surface area contributed by atoms with Crippen LogP contribution in [0.5, 0.6) is 0 Å². The van der Waals surface area contributed by atoms with Crippen LogP contribution in [0.4, 0.5) is 0 Å². The zero-order valence-corrected chi connectivity index (χ0v) is 11.3. The van der Waals surface area contributed by atoms with Crippen LogP contribution in [0, 0.1) is 0 Å². The normalized spacial score (nSPS) is 16.6. The maximum absolute atomic E-state index is 12.2. The van der Waals surface area contributed by atoms with Crippen LogP contribution in [0.3, 0.4) is 0 Å². The maximum Gasteiger partial charge on any atom is 0.253 e. The first kappa shape index (κ1) is 12.8. The molecule has 2 rings (SSSR count). The van der Waals surface area contributed by atoms with E-state index in [1.165, 1.54) is 0 Å². The Morgan fingerprint density at radius 2 is 2.00 bits per heavy atom. The molecule has 1 aromatic rings. The van der Waals surface area contributed by atoms with Gasteiger partial charge in [-0.15, -0.1) is 11.6 Å². The first-order valence-corrected chi connectivity index (χ1v) is 7.52. The van der Waals surface area contributed by atoms with Gasteiger partial charge >= 0.3 is 0 Å². The zero-order chi connectivity index (χ0) is 12.1. The van der Waals surface area contributed by atoms with Gasteiger partial charge < -0.3 is 4.90 Å². The highest BCUT2D eigenvalue weighted by atomic mass is 35.5. The average Bonchev–Trinajstić information content (AvgIpc) is 2.67. The molecule has 2 nitrogen and oxygen atoms in total. The van der Waals surface area contributed by atoms with Crippen LogP contribution in [0.2, 0.25) is 0 Å². The van der Waals surface area contributed by atoms with Crippen molar-refractivity contribution in [3.05, 3.63) is 35.4 Å². The van der Waals surface area contributed by atoms with Gasteiger partial charge in [0.2, 0.25) is 0 Å².